The number of hydrogen-bond acceptors (Lipinski definition) is 10. The summed E-state index contributed by atoms with van der Waals surface area (Å²) in [6.45, 7) is 6.16. The molecule has 3 aliphatic rings. The van der Waals surface area contributed by atoms with Gasteiger partial charge in [-0.05, 0) is 25.8 Å². The van der Waals surface area contributed by atoms with Gasteiger partial charge >= 0.3 is 0 Å². The molecule has 1 N–H and O–H groups in total. The van der Waals surface area contributed by atoms with E-state index in [4.69, 9.17) is 4.74 Å². The molecule has 0 radical (unpaired) electrons. The van der Waals surface area contributed by atoms with Gasteiger partial charge in [-0.25, -0.2) is 21.9 Å². The summed E-state index contributed by atoms with van der Waals surface area (Å²) < 4.78 is 62.8. The summed E-state index contributed by atoms with van der Waals surface area (Å²) in [5.74, 6) is 0.167. The van der Waals surface area contributed by atoms with Crippen molar-refractivity contribution in [3.8, 4) is 10.8 Å². The first-order chi connectivity index (χ1) is 16.7. The third kappa shape index (κ3) is 4.28. The van der Waals surface area contributed by atoms with E-state index in [9.17, 15) is 17.2 Å². The Morgan fingerprint density at radius 3 is 2.77 bits per heavy atom. The molecule has 11 nitrogen and oxygen atoms in total. The van der Waals surface area contributed by atoms with Crippen LogP contribution in [0.3, 0.4) is 0 Å². The summed E-state index contributed by atoms with van der Waals surface area (Å²) in [5, 5.41) is 15.6. The molecule has 35 heavy (non-hydrogen) atoms. The van der Waals surface area contributed by atoms with Crippen molar-refractivity contribution in [2.75, 3.05) is 44.3 Å². The zero-order chi connectivity index (χ0) is 24.4. The number of pyridine rings is 1. The molecule has 3 fully saturated rings. The van der Waals surface area contributed by atoms with Crippen molar-refractivity contribution in [1.29, 1.82) is 0 Å². The number of alkyl halides is 2. The molecule has 0 bridgehead atoms. The molecule has 3 aromatic heterocycles. The second-order valence-corrected chi connectivity index (χ2v) is 12.1. The summed E-state index contributed by atoms with van der Waals surface area (Å²) in [6, 6.07) is 1.80. The van der Waals surface area contributed by atoms with Gasteiger partial charge in [0.05, 0.1) is 24.9 Å². The fourth-order valence-corrected chi connectivity index (χ4v) is 6.69. The number of aromatic nitrogens is 5. The Hall–Kier alpha value is -2.33. The lowest BCUT2D eigenvalue weighted by Crippen LogP contribution is -2.58. The van der Waals surface area contributed by atoms with Crippen molar-refractivity contribution < 1.29 is 21.9 Å². The third-order valence-corrected chi connectivity index (χ3v) is 9.28. The molecule has 6 rings (SSSR count). The number of nitrogens with one attached hydrogen (secondary N) is 1. The van der Waals surface area contributed by atoms with Crippen molar-refractivity contribution in [3.63, 3.8) is 0 Å². The molecule has 3 aromatic rings. The zero-order valence-electron chi connectivity index (χ0n) is 18.9. The van der Waals surface area contributed by atoms with Crippen LogP contribution in [0.5, 0.6) is 0 Å². The van der Waals surface area contributed by atoms with Gasteiger partial charge < -0.3 is 9.64 Å². The minimum absolute atomic E-state index is 0.0510. The van der Waals surface area contributed by atoms with E-state index in [0.717, 1.165) is 25.9 Å². The maximum absolute atomic E-state index is 13.3. The van der Waals surface area contributed by atoms with Crippen LogP contribution in [-0.4, -0.2) is 89.1 Å². The largest absolute Gasteiger partial charge is 0.378 e. The third-order valence-electron chi connectivity index (χ3n) is 6.75. The van der Waals surface area contributed by atoms with Gasteiger partial charge in [0, 0.05) is 37.9 Å². The monoisotopic (exact) mass is 526 g/mol. The van der Waals surface area contributed by atoms with Crippen LogP contribution in [0.2, 0.25) is 0 Å². The summed E-state index contributed by atoms with van der Waals surface area (Å²) in [6.07, 6.45) is 0.198. The Morgan fingerprint density at radius 1 is 1.20 bits per heavy atom. The van der Waals surface area contributed by atoms with Crippen LogP contribution in [-0.2, 0) is 14.8 Å². The number of ether oxygens (including phenoxy) is 1. The standard InChI is InChI=1S/C20H24F2N8O3S2/c1-20(2-3-20)27-35(31,32)13-8-14(29-5-4-28-6-7-33-11-12(28)9-29)16-23-24-17(30(16)10-13)19-26-25-18(34-19)15(21)22/h8,10,12,15,27H,2-7,9,11H2,1H3/t12-/m1/s1. The van der Waals surface area contributed by atoms with E-state index < -0.39 is 27.0 Å². The van der Waals surface area contributed by atoms with Crippen LogP contribution in [0.25, 0.3) is 16.5 Å². The first-order valence-electron chi connectivity index (χ1n) is 11.3. The van der Waals surface area contributed by atoms with Crippen molar-refractivity contribution >= 4 is 32.7 Å². The smallest absolute Gasteiger partial charge is 0.291 e. The number of morpholine rings is 1. The van der Waals surface area contributed by atoms with Crippen LogP contribution in [0.1, 0.15) is 31.2 Å². The topological polar surface area (TPSA) is 118 Å². The van der Waals surface area contributed by atoms with Gasteiger partial charge in [-0.3, -0.25) is 9.30 Å². The molecule has 0 unspecified atom stereocenters. The lowest BCUT2D eigenvalue weighted by atomic mass is 10.1. The summed E-state index contributed by atoms with van der Waals surface area (Å²) >= 11 is 0.706. The molecule has 0 amide bonds. The Bertz CT molecular complexity index is 1370. The highest BCUT2D eigenvalue weighted by atomic mass is 32.2. The Kier molecular flexibility index (Phi) is 5.52. The van der Waals surface area contributed by atoms with Crippen LogP contribution in [0, 0.1) is 0 Å². The number of fused-ring (bicyclic) bond motifs is 2. The number of anilines is 1. The first-order valence-corrected chi connectivity index (χ1v) is 13.6. The van der Waals surface area contributed by atoms with Gasteiger partial charge in [0.25, 0.3) is 6.43 Å². The van der Waals surface area contributed by atoms with Crippen molar-refractivity contribution in [2.24, 2.45) is 0 Å². The van der Waals surface area contributed by atoms with Gasteiger partial charge in [0.15, 0.2) is 21.5 Å². The van der Waals surface area contributed by atoms with Gasteiger partial charge in [0.1, 0.15) is 4.90 Å². The van der Waals surface area contributed by atoms with Crippen molar-refractivity contribution in [1.82, 2.24) is 34.4 Å². The molecule has 0 spiro atoms. The van der Waals surface area contributed by atoms with E-state index >= 15 is 0 Å². The predicted molar refractivity (Wildman–Crippen MR) is 123 cm³/mol. The lowest BCUT2D eigenvalue weighted by Gasteiger charge is -2.44. The number of rotatable bonds is 6. The highest BCUT2D eigenvalue weighted by Gasteiger charge is 2.42. The number of nitrogens with zero attached hydrogens (tertiary/aromatic N) is 7. The summed E-state index contributed by atoms with van der Waals surface area (Å²) in [4.78, 5) is 4.51. The molecule has 2 saturated heterocycles. The maximum atomic E-state index is 13.3. The molecule has 1 saturated carbocycles. The highest BCUT2D eigenvalue weighted by molar-refractivity contribution is 7.89. The van der Waals surface area contributed by atoms with Crippen LogP contribution in [0.4, 0.5) is 14.5 Å². The number of hydrogen-bond donors (Lipinski definition) is 1. The lowest BCUT2D eigenvalue weighted by molar-refractivity contribution is -0.0116. The Labute approximate surface area is 204 Å². The molecule has 188 valence electrons. The van der Waals surface area contributed by atoms with Crippen LogP contribution < -0.4 is 9.62 Å². The van der Waals surface area contributed by atoms with E-state index in [0.29, 0.717) is 49.0 Å². The van der Waals surface area contributed by atoms with Gasteiger partial charge in [-0.2, -0.15) is 0 Å². The number of halogens is 2. The van der Waals surface area contributed by atoms with Gasteiger partial charge in [-0.1, -0.05) is 11.3 Å². The number of piperazine rings is 1. The highest BCUT2D eigenvalue weighted by Crippen LogP contribution is 2.37. The van der Waals surface area contributed by atoms with E-state index in [2.05, 4.69) is 34.9 Å². The second-order valence-electron chi connectivity index (χ2n) is 9.40. The van der Waals surface area contributed by atoms with E-state index in [1.807, 2.05) is 6.92 Å². The summed E-state index contributed by atoms with van der Waals surface area (Å²) in [5.41, 5.74) is 0.576. The quantitative estimate of drug-likeness (QED) is 0.510. The molecule has 0 aromatic carbocycles. The molecule has 2 aliphatic heterocycles. The van der Waals surface area contributed by atoms with E-state index in [1.54, 1.807) is 6.07 Å². The molecule has 5 heterocycles. The minimum atomic E-state index is -3.86. The first kappa shape index (κ1) is 23.1. The van der Waals surface area contributed by atoms with E-state index in [1.165, 1.54) is 10.6 Å². The zero-order valence-corrected chi connectivity index (χ0v) is 20.5. The second kappa shape index (κ2) is 8.37. The average molecular weight is 527 g/mol. The van der Waals surface area contributed by atoms with Gasteiger partial charge in [-0.15, -0.1) is 20.4 Å². The Balaban J connectivity index is 1.46. The molecular weight excluding hydrogens is 502 g/mol. The van der Waals surface area contributed by atoms with Gasteiger partial charge in [0.2, 0.25) is 10.0 Å². The molecule has 1 aliphatic carbocycles. The SMILES string of the molecule is CC1(NS(=O)(=O)c2cc(N3CCN4CCOC[C@H]4C3)c3nnc(-c4nnc(C(F)F)s4)n3c2)CC1. The minimum Gasteiger partial charge on any atom is -0.378 e. The summed E-state index contributed by atoms with van der Waals surface area (Å²) in [7, 11) is -3.86. The predicted octanol–water partition coefficient (Wildman–Crippen LogP) is 1.54. The molecular formula is C20H24F2N8O3S2. The van der Waals surface area contributed by atoms with Crippen LogP contribution in [0.15, 0.2) is 17.2 Å². The molecule has 1 atom stereocenters. The Morgan fingerprint density at radius 2 is 2.03 bits per heavy atom. The normalized spacial score (nSPS) is 22.6. The fraction of sp³-hybridized carbons (Fsp3) is 0.600. The fourth-order valence-electron chi connectivity index (χ4n) is 4.53. The average Bonchev–Trinajstić information content (AvgIpc) is 3.22. The molecule has 15 heteroatoms. The van der Waals surface area contributed by atoms with Crippen LogP contribution >= 0.6 is 11.3 Å². The van der Waals surface area contributed by atoms with Crippen molar-refractivity contribution in [3.05, 3.63) is 17.3 Å². The van der Waals surface area contributed by atoms with Crippen molar-refractivity contribution in [2.45, 2.75) is 42.7 Å². The maximum Gasteiger partial charge on any atom is 0.291 e. The van der Waals surface area contributed by atoms with E-state index in [-0.39, 0.29) is 21.8 Å². The number of sulfonamides is 1.